The number of likely N-dealkylation sites (tertiary alicyclic amines) is 1. The molecule has 28 N–H and O–H groups in total. The summed E-state index contributed by atoms with van der Waals surface area (Å²) in [6.45, 7) is 1.63. The number of carbonyl (C=O) groups is 10. The third kappa shape index (κ3) is 26.0. The van der Waals surface area contributed by atoms with E-state index in [1.807, 2.05) is 0 Å². The molecule has 32 nitrogen and oxygen atoms in total. The zero-order valence-corrected chi connectivity index (χ0v) is 48.4. The first-order chi connectivity index (χ1) is 40.2. The minimum atomic E-state index is -1.83. The van der Waals surface area contributed by atoms with Crippen LogP contribution < -0.4 is 93.7 Å². The molecule has 1 aliphatic rings. The average molecular weight is 1190 g/mol. The summed E-state index contributed by atoms with van der Waals surface area (Å²) < 4.78 is 0. The number of hydrogen-bond acceptors (Lipinski definition) is 21. The van der Waals surface area contributed by atoms with Crippen molar-refractivity contribution in [3.05, 3.63) is 30.0 Å². The van der Waals surface area contributed by atoms with E-state index in [2.05, 4.69) is 57.8 Å². The molecule has 1 aromatic rings. The number of allylic oxidation sites excluding steroid dienone is 1. The quantitative estimate of drug-likeness (QED) is 0.0213. The molecule has 84 heavy (non-hydrogen) atoms. The second kappa shape index (κ2) is 41.3. The molecule has 32 heteroatoms. The summed E-state index contributed by atoms with van der Waals surface area (Å²) in [7, 11) is 0. The number of aromatic amines is 1. The highest BCUT2D eigenvalue weighted by Gasteiger charge is 2.40. The van der Waals surface area contributed by atoms with E-state index < -0.39 is 139 Å². The number of nitrogens with one attached hydrogen (secondary N) is 10. The molecular formula is C52H96N20O12. The third-order valence-corrected chi connectivity index (χ3v) is 13.8. The lowest BCUT2D eigenvalue weighted by Gasteiger charge is -2.30. The van der Waals surface area contributed by atoms with Crippen molar-refractivity contribution >= 4 is 59.1 Å². The van der Waals surface area contributed by atoms with Gasteiger partial charge in [-0.1, -0.05) is 12.5 Å². The van der Waals surface area contributed by atoms with Crippen LogP contribution in [0.2, 0.25) is 0 Å². The lowest BCUT2D eigenvalue weighted by Crippen LogP contribution is -2.63. The van der Waals surface area contributed by atoms with Gasteiger partial charge in [0.1, 0.15) is 48.0 Å². The minimum absolute atomic E-state index is 0.00687. The van der Waals surface area contributed by atoms with Crippen molar-refractivity contribution in [2.24, 2.45) is 45.9 Å². The first-order valence-corrected chi connectivity index (χ1v) is 28.9. The first-order valence-electron chi connectivity index (χ1n) is 28.9. The van der Waals surface area contributed by atoms with Gasteiger partial charge in [0.15, 0.2) is 0 Å². The summed E-state index contributed by atoms with van der Waals surface area (Å²) in [5.74, 6) is -8.12. The zero-order valence-electron chi connectivity index (χ0n) is 48.4. The molecule has 0 spiro atoms. The van der Waals surface area contributed by atoms with E-state index in [1.54, 1.807) is 0 Å². The minimum Gasteiger partial charge on any atom is -0.389 e. The number of hydrogen-bond donors (Lipinski definition) is 20. The Balaban J connectivity index is 2.30. The van der Waals surface area contributed by atoms with Crippen LogP contribution in [0.1, 0.15) is 109 Å². The van der Waals surface area contributed by atoms with Crippen molar-refractivity contribution in [1.29, 1.82) is 0 Å². The van der Waals surface area contributed by atoms with Gasteiger partial charge in [0.25, 0.3) is 5.91 Å². The second-order valence-electron chi connectivity index (χ2n) is 20.4. The van der Waals surface area contributed by atoms with Crippen LogP contribution in [-0.2, 0) is 54.4 Å². The largest absolute Gasteiger partial charge is 0.389 e. The van der Waals surface area contributed by atoms with E-state index in [-0.39, 0.29) is 70.3 Å². The second-order valence-corrected chi connectivity index (χ2v) is 20.4. The van der Waals surface area contributed by atoms with Gasteiger partial charge in [-0.3, -0.25) is 47.9 Å². The van der Waals surface area contributed by atoms with Crippen LogP contribution in [0.15, 0.2) is 24.3 Å². The van der Waals surface area contributed by atoms with Gasteiger partial charge >= 0.3 is 0 Å². The monoisotopic (exact) mass is 1190 g/mol. The summed E-state index contributed by atoms with van der Waals surface area (Å²) in [4.78, 5) is 145. The highest BCUT2D eigenvalue weighted by atomic mass is 16.3. The van der Waals surface area contributed by atoms with Gasteiger partial charge in [0.2, 0.25) is 53.2 Å². The van der Waals surface area contributed by atoms with E-state index in [9.17, 15) is 58.2 Å². The Bertz CT molecular complexity index is 2240. The Morgan fingerprint density at radius 2 is 1.18 bits per heavy atom. The fourth-order valence-corrected chi connectivity index (χ4v) is 8.90. The fourth-order valence-electron chi connectivity index (χ4n) is 8.90. The molecule has 0 radical (unpaired) electrons. The number of aliphatic hydroxyl groups is 2. The van der Waals surface area contributed by atoms with Gasteiger partial charge in [-0.2, -0.15) is 0 Å². The fraction of sp³-hybridized carbons (Fsp3) is 0.712. The Morgan fingerprint density at radius 3 is 1.75 bits per heavy atom. The summed E-state index contributed by atoms with van der Waals surface area (Å²) in [6.07, 6.45) is 6.27. The number of imidazole rings is 1. The maximum absolute atomic E-state index is 14.4. The standard InChI is InChI=1S/C52H96N20O12/c1-2-33(46(78)67-34(14-4-7-19-54)45(77)62-23-10-9-21-56)66-47(79)35(15-5-8-20-55)68-48(80)37(25-31-28-61-30-64-31)69-49(81)38-17-12-24-72(38)52(84)36(16-11-22-57)65-41(75)29-63-50(82)42(39(73)26-58)71-51(83)43(40(74)27-59)70-44(76)32(60)13-3-6-18-53/h2,28,30,32,34-40,42-43,73-74H,3-27,29,53-60H2,1H3,(H,61,64)(H,62,77)(H,63,82)(H,65,75)(H,66,79)(H,67,78)(H,68,80)(H,69,81)(H,70,76)(H,71,83)/b33-2-/t32-,34-,35-,36+,37-,38-,39-,40-,42-,43-/m0/s1. The molecule has 10 atom stereocenters. The first kappa shape index (κ1) is 73.4. The van der Waals surface area contributed by atoms with Crippen molar-refractivity contribution < 1.29 is 58.2 Å². The molecule has 1 aromatic heterocycles. The molecule has 2 rings (SSSR count). The normalized spacial score (nSPS) is 16.5. The number of unbranched alkanes of at least 4 members (excludes halogenated alkanes) is 4. The van der Waals surface area contributed by atoms with E-state index in [0.29, 0.717) is 89.7 Å². The molecule has 10 amide bonds. The van der Waals surface area contributed by atoms with Gasteiger partial charge in [0, 0.05) is 44.5 Å². The number of rotatable bonds is 43. The van der Waals surface area contributed by atoms with Gasteiger partial charge < -0.3 is 114 Å². The summed E-state index contributed by atoms with van der Waals surface area (Å²) in [5, 5.41) is 44.2. The molecule has 0 saturated carbocycles. The molecule has 0 aliphatic carbocycles. The van der Waals surface area contributed by atoms with Crippen molar-refractivity contribution in [3.63, 3.8) is 0 Å². The lowest BCUT2D eigenvalue weighted by atomic mass is 10.0. The van der Waals surface area contributed by atoms with Crippen LogP contribution in [-0.4, -0.2) is 210 Å². The van der Waals surface area contributed by atoms with Crippen LogP contribution in [0.3, 0.4) is 0 Å². The highest BCUT2D eigenvalue weighted by Crippen LogP contribution is 2.21. The Kier molecular flexibility index (Phi) is 36.1. The molecule has 1 saturated heterocycles. The number of nitrogens with zero attached hydrogens (tertiary/aromatic N) is 2. The molecule has 2 heterocycles. The van der Waals surface area contributed by atoms with Gasteiger partial charge in [-0.05, 0) is 130 Å². The van der Waals surface area contributed by atoms with Gasteiger partial charge in [-0.15, -0.1) is 0 Å². The number of carbonyl (C=O) groups excluding carboxylic acids is 10. The highest BCUT2D eigenvalue weighted by molar-refractivity contribution is 6.02. The molecular weight excluding hydrogens is 1100 g/mol. The average Bonchev–Trinajstić information content (AvgIpc) is 4.39. The topological polar surface area (TPSA) is 560 Å². The van der Waals surface area contributed by atoms with E-state index in [0.717, 1.165) is 0 Å². The van der Waals surface area contributed by atoms with Crippen LogP contribution in [0.4, 0.5) is 0 Å². The van der Waals surface area contributed by atoms with Crippen molar-refractivity contribution in [2.45, 2.75) is 170 Å². The van der Waals surface area contributed by atoms with Crippen molar-refractivity contribution in [2.75, 3.05) is 65.4 Å². The number of aromatic nitrogens is 2. The molecule has 0 unspecified atom stereocenters. The maximum atomic E-state index is 14.4. The molecule has 476 valence electrons. The number of nitrogens with two attached hydrogens (primary N) is 8. The van der Waals surface area contributed by atoms with Crippen LogP contribution in [0.5, 0.6) is 0 Å². The number of aliphatic hydroxyl groups excluding tert-OH is 2. The predicted octanol–water partition coefficient (Wildman–Crippen LogP) is -8.06. The molecule has 1 fully saturated rings. The van der Waals surface area contributed by atoms with Crippen LogP contribution in [0, 0.1) is 0 Å². The maximum Gasteiger partial charge on any atom is 0.268 e. The Morgan fingerprint density at radius 1 is 0.619 bits per heavy atom. The SMILES string of the molecule is C/C=C(\NC(=O)[C@H](CCCCN)NC(=O)[C@H](Cc1cnc[nH]1)NC(=O)[C@@H]1CCCN1C(=O)[C@@H](CCCN)NC(=O)CNC(=O)[C@@H](NC(=O)[C@@H](NC(=O)[C@@H](N)CCCCN)[C@@H](O)CN)[C@@H](O)CN)C(=O)N[C@@H](CCCCN)C(=O)NCCCCN. The predicted molar refractivity (Wildman–Crippen MR) is 310 cm³/mol. The van der Waals surface area contributed by atoms with Crippen molar-refractivity contribution in [3.8, 4) is 0 Å². The smallest absolute Gasteiger partial charge is 0.268 e. The molecule has 0 bridgehead atoms. The van der Waals surface area contributed by atoms with Crippen LogP contribution >= 0.6 is 0 Å². The number of H-pyrrole nitrogens is 1. The van der Waals surface area contributed by atoms with Gasteiger partial charge in [-0.25, -0.2) is 4.98 Å². The lowest BCUT2D eigenvalue weighted by molar-refractivity contribution is -0.142. The Labute approximate surface area is 490 Å². The summed E-state index contributed by atoms with van der Waals surface area (Å²) in [5.41, 5.74) is 45.8. The van der Waals surface area contributed by atoms with Crippen LogP contribution in [0.25, 0.3) is 0 Å². The van der Waals surface area contributed by atoms with E-state index in [4.69, 9.17) is 45.9 Å². The Hall–Kier alpha value is -6.75. The summed E-state index contributed by atoms with van der Waals surface area (Å²) in [6, 6.07) is -10.7. The van der Waals surface area contributed by atoms with E-state index in [1.165, 1.54) is 30.4 Å². The molecule has 1 aliphatic heterocycles. The van der Waals surface area contributed by atoms with Crippen molar-refractivity contribution in [1.82, 2.24) is 62.7 Å². The van der Waals surface area contributed by atoms with Gasteiger partial charge in [0.05, 0.1) is 31.1 Å². The van der Waals surface area contributed by atoms with E-state index >= 15 is 0 Å². The summed E-state index contributed by atoms with van der Waals surface area (Å²) >= 11 is 0. The zero-order chi connectivity index (χ0) is 62.6. The molecule has 0 aromatic carbocycles. The third-order valence-electron chi connectivity index (χ3n) is 13.8. The number of amides is 10.